The van der Waals surface area contributed by atoms with Crippen LogP contribution in [0.15, 0.2) is 40.6 Å². The summed E-state index contributed by atoms with van der Waals surface area (Å²) in [4.78, 5) is 0.978. The summed E-state index contributed by atoms with van der Waals surface area (Å²) in [6.07, 6.45) is 0. The highest BCUT2D eigenvalue weighted by atomic mass is 35.5. The van der Waals surface area contributed by atoms with E-state index < -0.39 is 10.0 Å². The van der Waals surface area contributed by atoms with E-state index in [1.807, 2.05) is 13.0 Å². The first-order chi connectivity index (χ1) is 9.53. The minimum absolute atomic E-state index is 0.283. The maximum Gasteiger partial charge on any atom is 0.271 e. The summed E-state index contributed by atoms with van der Waals surface area (Å²) in [5.74, 6) is 0. The SMILES string of the molecule is CCNCc1ccc(S(=O)(=O)Nc2ccccc2Cl)s1. The Labute approximate surface area is 127 Å². The standard InChI is InChI=1S/C13H15ClN2O2S2/c1-2-15-9-10-7-8-13(19-10)20(17,18)16-12-6-4-3-5-11(12)14/h3-8,15-16H,2,9H2,1H3. The van der Waals surface area contributed by atoms with E-state index in [0.29, 0.717) is 17.3 Å². The van der Waals surface area contributed by atoms with Crippen LogP contribution in [0.3, 0.4) is 0 Å². The average molecular weight is 331 g/mol. The fourth-order valence-electron chi connectivity index (χ4n) is 1.58. The normalized spacial score (nSPS) is 11.5. The second kappa shape index (κ2) is 6.58. The Morgan fingerprint density at radius 2 is 1.95 bits per heavy atom. The van der Waals surface area contributed by atoms with E-state index in [0.717, 1.165) is 11.4 Å². The molecular formula is C13H15ClN2O2S2. The van der Waals surface area contributed by atoms with Crippen molar-refractivity contribution in [2.24, 2.45) is 0 Å². The number of anilines is 1. The van der Waals surface area contributed by atoms with E-state index in [-0.39, 0.29) is 4.21 Å². The third kappa shape index (κ3) is 3.73. The van der Waals surface area contributed by atoms with E-state index in [1.54, 1.807) is 30.3 Å². The van der Waals surface area contributed by atoms with Crippen molar-refractivity contribution in [1.29, 1.82) is 0 Å². The van der Waals surface area contributed by atoms with Gasteiger partial charge in [0.05, 0.1) is 10.7 Å². The highest BCUT2D eigenvalue weighted by Crippen LogP contribution is 2.27. The summed E-state index contributed by atoms with van der Waals surface area (Å²) in [7, 11) is -3.58. The molecule has 20 heavy (non-hydrogen) atoms. The zero-order chi connectivity index (χ0) is 14.6. The predicted octanol–water partition coefficient (Wildman–Crippen LogP) is 3.31. The van der Waals surface area contributed by atoms with Crippen molar-refractivity contribution in [1.82, 2.24) is 5.32 Å². The smallest absolute Gasteiger partial charge is 0.271 e. The van der Waals surface area contributed by atoms with Crippen molar-refractivity contribution >= 4 is 38.6 Å². The van der Waals surface area contributed by atoms with E-state index in [4.69, 9.17) is 11.6 Å². The zero-order valence-corrected chi connectivity index (χ0v) is 13.3. The Balaban J connectivity index is 2.18. The molecule has 2 aromatic rings. The summed E-state index contributed by atoms with van der Waals surface area (Å²) in [5.41, 5.74) is 0.385. The summed E-state index contributed by atoms with van der Waals surface area (Å²) in [6.45, 7) is 3.52. The zero-order valence-electron chi connectivity index (χ0n) is 10.9. The number of benzene rings is 1. The number of para-hydroxylation sites is 1. The Kier molecular flexibility index (Phi) is 5.04. The first-order valence-electron chi connectivity index (χ1n) is 6.09. The van der Waals surface area contributed by atoms with E-state index in [9.17, 15) is 8.42 Å². The van der Waals surface area contributed by atoms with Crippen LogP contribution in [0.5, 0.6) is 0 Å². The first kappa shape index (κ1) is 15.3. The highest BCUT2D eigenvalue weighted by molar-refractivity contribution is 7.94. The van der Waals surface area contributed by atoms with Crippen LogP contribution < -0.4 is 10.0 Å². The van der Waals surface area contributed by atoms with Crippen molar-refractivity contribution < 1.29 is 8.42 Å². The molecule has 1 aromatic carbocycles. The second-order valence-electron chi connectivity index (χ2n) is 4.09. The molecule has 0 unspecified atom stereocenters. The van der Waals surface area contributed by atoms with Crippen LogP contribution in [0, 0.1) is 0 Å². The van der Waals surface area contributed by atoms with Crippen molar-refractivity contribution in [3.63, 3.8) is 0 Å². The van der Waals surface area contributed by atoms with Gasteiger partial charge in [-0.2, -0.15) is 0 Å². The van der Waals surface area contributed by atoms with Crippen molar-refractivity contribution in [3.05, 3.63) is 46.3 Å². The number of hydrogen-bond donors (Lipinski definition) is 2. The molecule has 0 fully saturated rings. The third-order valence-corrected chi connectivity index (χ3v) is 5.84. The van der Waals surface area contributed by atoms with Crippen LogP contribution in [-0.2, 0) is 16.6 Å². The third-order valence-electron chi connectivity index (χ3n) is 2.57. The molecule has 0 amide bonds. The molecule has 2 rings (SSSR count). The van der Waals surface area contributed by atoms with Crippen LogP contribution in [-0.4, -0.2) is 15.0 Å². The summed E-state index contributed by atoms with van der Waals surface area (Å²) < 4.78 is 27.3. The van der Waals surface area contributed by atoms with Gasteiger partial charge in [0.1, 0.15) is 4.21 Å². The van der Waals surface area contributed by atoms with Gasteiger partial charge < -0.3 is 5.32 Å². The van der Waals surface area contributed by atoms with Crippen LogP contribution in [0.25, 0.3) is 0 Å². The quantitative estimate of drug-likeness (QED) is 0.854. The Bertz CT molecular complexity index is 683. The van der Waals surface area contributed by atoms with Gasteiger partial charge in [-0.1, -0.05) is 30.7 Å². The minimum Gasteiger partial charge on any atom is -0.312 e. The largest absolute Gasteiger partial charge is 0.312 e. The first-order valence-corrected chi connectivity index (χ1v) is 8.77. The summed E-state index contributed by atoms with van der Waals surface area (Å²) in [5, 5.41) is 3.54. The molecule has 108 valence electrons. The maximum atomic E-state index is 12.3. The van der Waals surface area contributed by atoms with Crippen LogP contribution in [0.4, 0.5) is 5.69 Å². The molecule has 4 nitrogen and oxygen atoms in total. The molecule has 0 bridgehead atoms. The lowest BCUT2D eigenvalue weighted by atomic mass is 10.3. The molecule has 0 aliphatic heterocycles. The van der Waals surface area contributed by atoms with Gasteiger partial charge in [-0.3, -0.25) is 4.72 Å². The van der Waals surface area contributed by atoms with E-state index >= 15 is 0 Å². The van der Waals surface area contributed by atoms with Gasteiger partial charge in [-0.05, 0) is 30.8 Å². The lowest BCUT2D eigenvalue weighted by Gasteiger charge is -2.07. The van der Waals surface area contributed by atoms with Crippen molar-refractivity contribution in [3.8, 4) is 0 Å². The molecule has 0 saturated carbocycles. The Morgan fingerprint density at radius 3 is 2.65 bits per heavy atom. The lowest BCUT2D eigenvalue weighted by molar-refractivity contribution is 0.603. The van der Waals surface area contributed by atoms with Crippen molar-refractivity contribution in [2.75, 3.05) is 11.3 Å². The molecule has 0 aliphatic carbocycles. The molecule has 1 aromatic heterocycles. The minimum atomic E-state index is -3.58. The van der Waals surface area contributed by atoms with E-state index in [1.165, 1.54) is 11.3 Å². The fraction of sp³-hybridized carbons (Fsp3) is 0.231. The number of nitrogens with one attached hydrogen (secondary N) is 2. The molecule has 0 spiro atoms. The topological polar surface area (TPSA) is 58.2 Å². The van der Waals surface area contributed by atoms with Crippen molar-refractivity contribution in [2.45, 2.75) is 17.7 Å². The van der Waals surface area contributed by atoms with Gasteiger partial charge in [0.15, 0.2) is 0 Å². The van der Waals surface area contributed by atoms with Gasteiger partial charge in [-0.25, -0.2) is 8.42 Å². The van der Waals surface area contributed by atoms with Gasteiger partial charge in [0.25, 0.3) is 10.0 Å². The molecule has 0 aliphatic rings. The lowest BCUT2D eigenvalue weighted by Crippen LogP contribution is -2.12. The highest BCUT2D eigenvalue weighted by Gasteiger charge is 2.17. The maximum absolute atomic E-state index is 12.3. The van der Waals surface area contributed by atoms with Gasteiger partial charge in [0, 0.05) is 11.4 Å². The fourth-order valence-corrected chi connectivity index (χ4v) is 4.23. The predicted molar refractivity (Wildman–Crippen MR) is 84.0 cm³/mol. The molecule has 1 heterocycles. The number of rotatable bonds is 6. The summed E-state index contributed by atoms with van der Waals surface area (Å²) in [6, 6.07) is 10.2. The van der Waals surface area contributed by atoms with E-state index in [2.05, 4.69) is 10.0 Å². The average Bonchev–Trinajstić information content (AvgIpc) is 2.88. The van der Waals surface area contributed by atoms with Gasteiger partial charge in [0.2, 0.25) is 0 Å². The van der Waals surface area contributed by atoms with Crippen LogP contribution in [0.1, 0.15) is 11.8 Å². The summed E-state index contributed by atoms with van der Waals surface area (Å²) >= 11 is 7.21. The second-order valence-corrected chi connectivity index (χ2v) is 7.57. The molecule has 2 N–H and O–H groups in total. The number of sulfonamides is 1. The molecule has 0 atom stereocenters. The van der Waals surface area contributed by atoms with Gasteiger partial charge in [-0.15, -0.1) is 11.3 Å². The number of halogens is 1. The van der Waals surface area contributed by atoms with Gasteiger partial charge >= 0.3 is 0 Å². The van der Waals surface area contributed by atoms with Crippen LogP contribution >= 0.6 is 22.9 Å². The molecule has 7 heteroatoms. The Morgan fingerprint density at radius 1 is 1.20 bits per heavy atom. The number of hydrogen-bond acceptors (Lipinski definition) is 4. The van der Waals surface area contributed by atoms with Crippen LogP contribution in [0.2, 0.25) is 5.02 Å². The molecular weight excluding hydrogens is 316 g/mol. The monoisotopic (exact) mass is 330 g/mol. The molecule has 0 radical (unpaired) electrons. The molecule has 0 saturated heterocycles. The Hall–Kier alpha value is -1.08. The number of thiophene rings is 1.